The summed E-state index contributed by atoms with van der Waals surface area (Å²) < 4.78 is 7.90. The molecule has 0 radical (unpaired) electrons. The van der Waals surface area contributed by atoms with Crippen molar-refractivity contribution in [1.29, 1.82) is 0 Å². The van der Waals surface area contributed by atoms with Gasteiger partial charge < -0.3 is 9.72 Å². The predicted molar refractivity (Wildman–Crippen MR) is 95.4 cm³/mol. The molecule has 2 aromatic heterocycles. The number of ether oxygens (including phenoxy) is 1. The summed E-state index contributed by atoms with van der Waals surface area (Å²) >= 11 is 0. The Morgan fingerprint density at radius 1 is 1.40 bits per heavy atom. The molecule has 25 heavy (non-hydrogen) atoms. The summed E-state index contributed by atoms with van der Waals surface area (Å²) in [5.74, 6) is 0.622. The normalized spacial score (nSPS) is 18.6. The number of hydrogen-bond acceptors (Lipinski definition) is 5. The molecule has 1 atom stereocenters. The number of nitrogens with one attached hydrogen (secondary N) is 1. The van der Waals surface area contributed by atoms with Crippen LogP contribution in [0.1, 0.15) is 48.6 Å². The van der Waals surface area contributed by atoms with Gasteiger partial charge in [0.1, 0.15) is 11.9 Å². The minimum absolute atomic E-state index is 0.128. The van der Waals surface area contributed by atoms with Gasteiger partial charge in [0.15, 0.2) is 0 Å². The second-order valence-electron chi connectivity index (χ2n) is 6.71. The Morgan fingerprint density at radius 3 is 3.00 bits per heavy atom. The van der Waals surface area contributed by atoms with E-state index >= 15 is 0 Å². The molecule has 1 saturated heterocycles. The molecule has 1 fully saturated rings. The lowest BCUT2D eigenvalue weighted by atomic mass is 10.1. The molecule has 1 aliphatic rings. The van der Waals surface area contributed by atoms with Crippen LogP contribution in [0.4, 0.5) is 0 Å². The molecule has 0 saturated carbocycles. The molecule has 136 valence electrons. The molecule has 0 aromatic carbocycles. The third kappa shape index (κ3) is 4.55. The van der Waals surface area contributed by atoms with Gasteiger partial charge >= 0.3 is 0 Å². The van der Waals surface area contributed by atoms with Crippen molar-refractivity contribution in [3.8, 4) is 0 Å². The fraction of sp³-hybridized carbons (Fsp3) is 0.611. The standard InChI is InChI=1S/C18H27N5O2/c1-4-5-6-23-11-15(13(2)21-23)10-22-7-8-25-17(12-22)16-9-18(24)20-14(3)19-16/h9,11,17H,4-8,10,12H2,1-3H3,(H,19,20,24)/t17-/m1/s1. The molecule has 1 aliphatic heterocycles. The van der Waals surface area contributed by atoms with E-state index in [1.54, 1.807) is 6.92 Å². The van der Waals surface area contributed by atoms with Gasteiger partial charge in [0, 0.05) is 44.0 Å². The molecule has 2 aromatic rings. The summed E-state index contributed by atoms with van der Waals surface area (Å²) in [5.41, 5.74) is 2.92. The van der Waals surface area contributed by atoms with E-state index in [2.05, 4.69) is 40.0 Å². The highest BCUT2D eigenvalue weighted by Gasteiger charge is 2.24. The van der Waals surface area contributed by atoms with E-state index < -0.39 is 0 Å². The summed E-state index contributed by atoms with van der Waals surface area (Å²) in [7, 11) is 0. The Bertz CT molecular complexity index is 767. The Kier molecular flexibility index (Phi) is 5.65. The van der Waals surface area contributed by atoms with Crippen molar-refractivity contribution in [2.45, 2.75) is 52.8 Å². The van der Waals surface area contributed by atoms with Crippen LogP contribution in [-0.4, -0.2) is 44.3 Å². The van der Waals surface area contributed by atoms with Crippen LogP contribution < -0.4 is 5.56 Å². The zero-order valence-electron chi connectivity index (χ0n) is 15.3. The zero-order chi connectivity index (χ0) is 17.8. The fourth-order valence-electron chi connectivity index (χ4n) is 3.18. The van der Waals surface area contributed by atoms with Crippen LogP contribution in [-0.2, 0) is 17.8 Å². The minimum atomic E-state index is -0.162. The number of nitrogens with zero attached hydrogens (tertiary/aromatic N) is 4. The highest BCUT2D eigenvalue weighted by molar-refractivity contribution is 5.16. The van der Waals surface area contributed by atoms with E-state index in [0.717, 1.165) is 38.3 Å². The second-order valence-corrected chi connectivity index (χ2v) is 6.71. The first-order valence-corrected chi connectivity index (χ1v) is 9.00. The summed E-state index contributed by atoms with van der Waals surface area (Å²) in [4.78, 5) is 21.1. The zero-order valence-corrected chi connectivity index (χ0v) is 15.3. The first-order chi connectivity index (χ1) is 12.0. The number of unbranched alkanes of at least 4 members (excludes halogenated alkanes) is 1. The summed E-state index contributed by atoms with van der Waals surface area (Å²) in [6.07, 6.45) is 4.31. The average Bonchev–Trinajstić information content (AvgIpc) is 2.92. The average molecular weight is 345 g/mol. The third-order valence-electron chi connectivity index (χ3n) is 4.54. The summed E-state index contributed by atoms with van der Waals surface area (Å²) in [5, 5.41) is 4.61. The van der Waals surface area contributed by atoms with Gasteiger partial charge in [-0.15, -0.1) is 0 Å². The lowest BCUT2D eigenvalue weighted by Gasteiger charge is -2.32. The van der Waals surface area contributed by atoms with E-state index in [0.29, 0.717) is 18.1 Å². The fourth-order valence-corrected chi connectivity index (χ4v) is 3.18. The van der Waals surface area contributed by atoms with Crippen LogP contribution in [0.3, 0.4) is 0 Å². The first kappa shape index (κ1) is 17.8. The lowest BCUT2D eigenvalue weighted by molar-refractivity contribution is -0.0352. The Hall–Kier alpha value is -1.99. The molecule has 0 bridgehead atoms. The smallest absolute Gasteiger partial charge is 0.251 e. The maximum atomic E-state index is 11.7. The van der Waals surface area contributed by atoms with Crippen LogP contribution in [0.25, 0.3) is 0 Å². The van der Waals surface area contributed by atoms with Crippen molar-refractivity contribution in [3.63, 3.8) is 0 Å². The molecule has 0 aliphatic carbocycles. The van der Waals surface area contributed by atoms with E-state index in [1.807, 2.05) is 4.68 Å². The SMILES string of the molecule is CCCCn1cc(CN2CCO[C@@H](c3cc(=O)[nH]c(C)n3)C2)c(C)n1. The third-order valence-corrected chi connectivity index (χ3v) is 4.54. The van der Waals surface area contributed by atoms with Gasteiger partial charge in [-0.25, -0.2) is 4.98 Å². The van der Waals surface area contributed by atoms with Gasteiger partial charge in [-0.05, 0) is 20.3 Å². The van der Waals surface area contributed by atoms with Crippen molar-refractivity contribution >= 4 is 0 Å². The van der Waals surface area contributed by atoms with Crippen LogP contribution in [0, 0.1) is 13.8 Å². The van der Waals surface area contributed by atoms with Gasteiger partial charge in [0.25, 0.3) is 5.56 Å². The van der Waals surface area contributed by atoms with Crippen LogP contribution in [0.2, 0.25) is 0 Å². The molecule has 7 nitrogen and oxygen atoms in total. The molecule has 0 unspecified atom stereocenters. The van der Waals surface area contributed by atoms with Gasteiger partial charge in [-0.3, -0.25) is 14.4 Å². The topological polar surface area (TPSA) is 76.0 Å². The van der Waals surface area contributed by atoms with E-state index in [-0.39, 0.29) is 11.7 Å². The Labute approximate surface area is 148 Å². The minimum Gasteiger partial charge on any atom is -0.369 e. The molecule has 1 N–H and O–H groups in total. The number of aromatic amines is 1. The molecule has 7 heteroatoms. The summed E-state index contributed by atoms with van der Waals surface area (Å²) in [6, 6.07) is 1.54. The number of aromatic nitrogens is 4. The molecule has 3 rings (SSSR count). The van der Waals surface area contributed by atoms with Gasteiger partial charge in [-0.2, -0.15) is 5.10 Å². The second kappa shape index (κ2) is 7.93. The highest BCUT2D eigenvalue weighted by Crippen LogP contribution is 2.21. The van der Waals surface area contributed by atoms with Gasteiger partial charge in [-0.1, -0.05) is 13.3 Å². The Morgan fingerprint density at radius 2 is 2.24 bits per heavy atom. The van der Waals surface area contributed by atoms with Crippen molar-refractivity contribution < 1.29 is 4.74 Å². The monoisotopic (exact) mass is 345 g/mol. The predicted octanol–water partition coefficient (Wildman–Crippen LogP) is 1.96. The van der Waals surface area contributed by atoms with E-state index in [9.17, 15) is 4.79 Å². The number of hydrogen-bond donors (Lipinski definition) is 1. The molecule has 0 amide bonds. The number of rotatable bonds is 6. The van der Waals surface area contributed by atoms with Crippen molar-refractivity contribution in [2.24, 2.45) is 0 Å². The van der Waals surface area contributed by atoms with Crippen molar-refractivity contribution in [1.82, 2.24) is 24.6 Å². The van der Waals surface area contributed by atoms with E-state index in [4.69, 9.17) is 4.74 Å². The van der Waals surface area contributed by atoms with E-state index in [1.165, 1.54) is 18.1 Å². The van der Waals surface area contributed by atoms with Crippen LogP contribution >= 0.6 is 0 Å². The summed E-state index contributed by atoms with van der Waals surface area (Å²) in [6.45, 7) is 10.1. The first-order valence-electron chi connectivity index (χ1n) is 9.00. The van der Waals surface area contributed by atoms with Crippen LogP contribution in [0.15, 0.2) is 17.1 Å². The largest absolute Gasteiger partial charge is 0.369 e. The number of morpholine rings is 1. The Balaban J connectivity index is 1.67. The molecular weight excluding hydrogens is 318 g/mol. The van der Waals surface area contributed by atoms with Crippen molar-refractivity contribution in [3.05, 3.63) is 45.4 Å². The molecule has 0 spiro atoms. The maximum Gasteiger partial charge on any atom is 0.251 e. The highest BCUT2D eigenvalue weighted by atomic mass is 16.5. The maximum absolute atomic E-state index is 11.7. The number of H-pyrrole nitrogens is 1. The van der Waals surface area contributed by atoms with Crippen LogP contribution in [0.5, 0.6) is 0 Å². The molecule has 3 heterocycles. The quantitative estimate of drug-likeness (QED) is 0.866. The number of aryl methyl sites for hydroxylation is 3. The lowest BCUT2D eigenvalue weighted by Crippen LogP contribution is -2.38. The molecular formula is C18H27N5O2. The van der Waals surface area contributed by atoms with Gasteiger partial charge in [0.05, 0.1) is 18.0 Å². The van der Waals surface area contributed by atoms with Crippen molar-refractivity contribution in [2.75, 3.05) is 19.7 Å². The van der Waals surface area contributed by atoms with Gasteiger partial charge in [0.2, 0.25) is 0 Å².